The maximum atomic E-state index is 10.9. The van der Waals surface area contributed by atoms with E-state index in [-0.39, 0.29) is 6.10 Å². The number of aliphatic hydroxyl groups is 1. The third kappa shape index (κ3) is 1.98. The van der Waals surface area contributed by atoms with Crippen LogP contribution in [0, 0.1) is 40.4 Å². The molecule has 4 fully saturated rings. The van der Waals surface area contributed by atoms with Crippen molar-refractivity contribution in [3.8, 4) is 0 Å². The Kier molecular flexibility index (Phi) is 3.27. The lowest BCUT2D eigenvalue weighted by molar-refractivity contribution is -0.159. The monoisotopic (exact) mass is 290 g/mol. The number of hydrogen-bond donors (Lipinski definition) is 1. The van der Waals surface area contributed by atoms with Crippen LogP contribution in [0.2, 0.25) is 0 Å². The highest BCUT2D eigenvalue weighted by atomic mass is 16.3. The molecule has 0 aromatic carbocycles. The van der Waals surface area contributed by atoms with Crippen LogP contribution in [-0.2, 0) is 0 Å². The molecule has 8 atom stereocenters. The first-order chi connectivity index (χ1) is 9.94. The van der Waals surface area contributed by atoms with Gasteiger partial charge in [-0.05, 0) is 85.4 Å². The quantitative estimate of drug-likeness (QED) is 0.663. The standard InChI is InChI=1S/C20H34O/c1-13-6-10-20(3)16-7-9-19(2)8-4-5-15(19)14(16)12-18(21)17(20)11-13/h13-18,21H,4-12H2,1-3H3/t13?,14?,15?,16?,17?,18?,19?,20-/m1/s1. The predicted molar refractivity (Wildman–Crippen MR) is 86.9 cm³/mol. The second kappa shape index (κ2) is 4.73. The van der Waals surface area contributed by atoms with Crippen molar-refractivity contribution >= 4 is 0 Å². The third-order valence-corrected chi connectivity index (χ3v) is 8.72. The van der Waals surface area contributed by atoms with Gasteiger partial charge in [-0.15, -0.1) is 0 Å². The SMILES string of the molecule is CC1CC[C@@]2(C)C(C1)C(O)CC1C3CCCC3(C)CCC12. The summed E-state index contributed by atoms with van der Waals surface area (Å²) in [5.41, 5.74) is 1.06. The second-order valence-electron chi connectivity index (χ2n) is 9.76. The molecule has 120 valence electrons. The Bertz CT molecular complexity index is 418. The minimum atomic E-state index is -0.0121. The van der Waals surface area contributed by atoms with Crippen LogP contribution in [0.5, 0.6) is 0 Å². The normalized spacial score (nSPS) is 60.0. The van der Waals surface area contributed by atoms with Crippen LogP contribution >= 0.6 is 0 Å². The molecule has 1 heteroatoms. The minimum Gasteiger partial charge on any atom is -0.393 e. The van der Waals surface area contributed by atoms with Gasteiger partial charge in [-0.2, -0.15) is 0 Å². The van der Waals surface area contributed by atoms with Crippen LogP contribution in [0.4, 0.5) is 0 Å². The summed E-state index contributed by atoms with van der Waals surface area (Å²) in [6.45, 7) is 7.51. The van der Waals surface area contributed by atoms with Gasteiger partial charge in [0.2, 0.25) is 0 Å². The molecule has 0 saturated heterocycles. The Balaban J connectivity index is 1.66. The summed E-state index contributed by atoms with van der Waals surface area (Å²) >= 11 is 0. The summed E-state index contributed by atoms with van der Waals surface area (Å²) in [5, 5.41) is 10.9. The highest BCUT2D eigenvalue weighted by molar-refractivity contribution is 5.09. The molecule has 7 unspecified atom stereocenters. The average molecular weight is 290 g/mol. The van der Waals surface area contributed by atoms with Crippen LogP contribution in [0.3, 0.4) is 0 Å². The van der Waals surface area contributed by atoms with Crippen molar-refractivity contribution in [2.45, 2.75) is 84.7 Å². The van der Waals surface area contributed by atoms with E-state index < -0.39 is 0 Å². The molecule has 21 heavy (non-hydrogen) atoms. The van der Waals surface area contributed by atoms with Gasteiger partial charge in [-0.3, -0.25) is 0 Å². The molecule has 0 aromatic rings. The van der Waals surface area contributed by atoms with E-state index in [2.05, 4.69) is 20.8 Å². The van der Waals surface area contributed by atoms with Crippen LogP contribution in [0.25, 0.3) is 0 Å². The van der Waals surface area contributed by atoms with E-state index in [0.29, 0.717) is 16.7 Å². The Morgan fingerprint density at radius 1 is 0.857 bits per heavy atom. The topological polar surface area (TPSA) is 20.2 Å². The predicted octanol–water partition coefficient (Wildman–Crippen LogP) is 5.03. The molecule has 0 bridgehead atoms. The Hall–Kier alpha value is -0.0400. The zero-order valence-corrected chi connectivity index (χ0v) is 14.3. The van der Waals surface area contributed by atoms with Crippen molar-refractivity contribution in [2.75, 3.05) is 0 Å². The Morgan fingerprint density at radius 3 is 2.48 bits per heavy atom. The molecule has 4 rings (SSSR count). The maximum Gasteiger partial charge on any atom is 0.0576 e. The molecule has 0 aliphatic heterocycles. The highest BCUT2D eigenvalue weighted by Crippen LogP contribution is 2.66. The minimum absolute atomic E-state index is 0.0121. The van der Waals surface area contributed by atoms with Crippen LogP contribution in [0.15, 0.2) is 0 Å². The lowest BCUT2D eigenvalue weighted by Gasteiger charge is -2.61. The second-order valence-corrected chi connectivity index (χ2v) is 9.76. The fraction of sp³-hybridized carbons (Fsp3) is 1.00. The molecule has 1 N–H and O–H groups in total. The molecule has 0 heterocycles. The Morgan fingerprint density at radius 2 is 1.67 bits per heavy atom. The van der Waals surface area contributed by atoms with E-state index in [1.165, 1.54) is 51.4 Å². The Labute approximate surface area is 130 Å². The van der Waals surface area contributed by atoms with Gasteiger partial charge in [0.15, 0.2) is 0 Å². The van der Waals surface area contributed by atoms with Gasteiger partial charge in [0.05, 0.1) is 6.10 Å². The van der Waals surface area contributed by atoms with Crippen molar-refractivity contribution < 1.29 is 5.11 Å². The first kappa shape index (κ1) is 14.5. The van der Waals surface area contributed by atoms with E-state index in [1.807, 2.05) is 0 Å². The molecule has 4 aliphatic carbocycles. The molecule has 4 aliphatic rings. The largest absolute Gasteiger partial charge is 0.393 e. The highest BCUT2D eigenvalue weighted by Gasteiger charge is 2.59. The van der Waals surface area contributed by atoms with Crippen molar-refractivity contribution in [1.82, 2.24) is 0 Å². The van der Waals surface area contributed by atoms with Gasteiger partial charge < -0.3 is 5.11 Å². The summed E-state index contributed by atoms with van der Waals surface area (Å²) < 4.78 is 0. The number of rotatable bonds is 0. The summed E-state index contributed by atoms with van der Waals surface area (Å²) in [6.07, 6.45) is 12.4. The first-order valence-electron chi connectivity index (χ1n) is 9.62. The molecule has 0 aromatic heterocycles. The van der Waals surface area contributed by atoms with Crippen molar-refractivity contribution in [3.05, 3.63) is 0 Å². The molecule has 0 spiro atoms. The summed E-state index contributed by atoms with van der Waals surface area (Å²) in [6, 6.07) is 0. The van der Waals surface area contributed by atoms with Crippen molar-refractivity contribution in [1.29, 1.82) is 0 Å². The van der Waals surface area contributed by atoms with E-state index in [9.17, 15) is 5.11 Å². The summed E-state index contributed by atoms with van der Waals surface area (Å²) in [7, 11) is 0. The summed E-state index contributed by atoms with van der Waals surface area (Å²) in [5.74, 6) is 4.08. The van der Waals surface area contributed by atoms with E-state index in [4.69, 9.17) is 0 Å². The van der Waals surface area contributed by atoms with Crippen LogP contribution in [-0.4, -0.2) is 11.2 Å². The third-order valence-electron chi connectivity index (χ3n) is 8.72. The van der Waals surface area contributed by atoms with Gasteiger partial charge in [-0.1, -0.05) is 33.6 Å². The van der Waals surface area contributed by atoms with Crippen LogP contribution < -0.4 is 0 Å². The number of hydrogen-bond acceptors (Lipinski definition) is 1. The van der Waals surface area contributed by atoms with E-state index >= 15 is 0 Å². The summed E-state index contributed by atoms with van der Waals surface area (Å²) in [4.78, 5) is 0. The molecular weight excluding hydrogens is 256 g/mol. The van der Waals surface area contributed by atoms with Gasteiger partial charge >= 0.3 is 0 Å². The molecule has 0 radical (unpaired) electrons. The van der Waals surface area contributed by atoms with Gasteiger partial charge in [-0.25, -0.2) is 0 Å². The molecule has 0 amide bonds. The van der Waals surface area contributed by atoms with Gasteiger partial charge in [0.25, 0.3) is 0 Å². The van der Waals surface area contributed by atoms with Crippen molar-refractivity contribution in [2.24, 2.45) is 40.4 Å². The number of fused-ring (bicyclic) bond motifs is 5. The first-order valence-corrected chi connectivity index (χ1v) is 9.62. The fourth-order valence-corrected chi connectivity index (χ4v) is 7.49. The molecule has 1 nitrogen and oxygen atoms in total. The zero-order valence-electron chi connectivity index (χ0n) is 14.3. The lowest BCUT2D eigenvalue weighted by atomic mass is 9.44. The van der Waals surface area contributed by atoms with Crippen LogP contribution in [0.1, 0.15) is 78.6 Å². The van der Waals surface area contributed by atoms with E-state index in [0.717, 1.165) is 30.1 Å². The molecular formula is C20H34O. The van der Waals surface area contributed by atoms with E-state index in [1.54, 1.807) is 0 Å². The van der Waals surface area contributed by atoms with Gasteiger partial charge in [0, 0.05) is 0 Å². The maximum absolute atomic E-state index is 10.9. The van der Waals surface area contributed by atoms with Crippen molar-refractivity contribution in [3.63, 3.8) is 0 Å². The fourth-order valence-electron chi connectivity index (χ4n) is 7.49. The average Bonchev–Trinajstić information content (AvgIpc) is 2.83. The molecule has 4 saturated carbocycles. The zero-order chi connectivity index (χ0) is 14.8. The van der Waals surface area contributed by atoms with Gasteiger partial charge in [0.1, 0.15) is 0 Å². The number of aliphatic hydroxyl groups excluding tert-OH is 1. The smallest absolute Gasteiger partial charge is 0.0576 e. The lowest BCUT2D eigenvalue weighted by Crippen LogP contribution is -2.57.